The van der Waals surface area contributed by atoms with Crippen LogP contribution in [0.15, 0.2) is 28.1 Å². The summed E-state index contributed by atoms with van der Waals surface area (Å²) >= 11 is 4.92. The summed E-state index contributed by atoms with van der Waals surface area (Å²) in [4.78, 5) is 14.6. The molecule has 18 heavy (non-hydrogen) atoms. The highest BCUT2D eigenvalue weighted by Crippen LogP contribution is 2.27. The number of halogens is 1. The summed E-state index contributed by atoms with van der Waals surface area (Å²) in [6.07, 6.45) is 0. The van der Waals surface area contributed by atoms with Crippen LogP contribution in [0.3, 0.4) is 0 Å². The molecule has 7 heteroatoms. The van der Waals surface area contributed by atoms with E-state index in [0.717, 1.165) is 15.2 Å². The van der Waals surface area contributed by atoms with Gasteiger partial charge in [-0.3, -0.25) is 10.1 Å². The van der Waals surface area contributed by atoms with E-state index in [4.69, 9.17) is 0 Å². The number of anilines is 1. The van der Waals surface area contributed by atoms with Crippen molar-refractivity contribution in [2.45, 2.75) is 13.5 Å². The second kappa shape index (κ2) is 5.45. The van der Waals surface area contributed by atoms with Crippen molar-refractivity contribution >= 4 is 38.6 Å². The van der Waals surface area contributed by atoms with Gasteiger partial charge in [0.2, 0.25) is 0 Å². The van der Waals surface area contributed by atoms with E-state index < -0.39 is 4.92 Å². The summed E-state index contributed by atoms with van der Waals surface area (Å²) in [7, 11) is 0. The fourth-order valence-corrected chi connectivity index (χ4v) is 2.52. The summed E-state index contributed by atoms with van der Waals surface area (Å²) in [6.45, 7) is 2.49. The van der Waals surface area contributed by atoms with Gasteiger partial charge >= 0.3 is 0 Å². The van der Waals surface area contributed by atoms with Crippen molar-refractivity contribution in [3.8, 4) is 0 Å². The highest BCUT2D eigenvalue weighted by molar-refractivity contribution is 9.10. The monoisotopic (exact) mass is 327 g/mol. The van der Waals surface area contributed by atoms with Crippen LogP contribution in [-0.2, 0) is 6.54 Å². The van der Waals surface area contributed by atoms with Gasteiger partial charge in [0.1, 0.15) is 5.01 Å². The molecule has 0 spiro atoms. The first kappa shape index (κ1) is 13.0. The van der Waals surface area contributed by atoms with Crippen molar-refractivity contribution in [1.82, 2.24) is 4.98 Å². The maximum Gasteiger partial charge on any atom is 0.271 e. The highest BCUT2D eigenvalue weighted by Gasteiger charge is 2.09. The van der Waals surface area contributed by atoms with Crippen LogP contribution in [0.4, 0.5) is 11.4 Å². The Morgan fingerprint density at radius 3 is 2.94 bits per heavy atom. The molecule has 0 fully saturated rings. The quantitative estimate of drug-likeness (QED) is 0.686. The summed E-state index contributed by atoms with van der Waals surface area (Å²) < 4.78 is 0.793. The van der Waals surface area contributed by atoms with E-state index in [9.17, 15) is 10.1 Å². The van der Waals surface area contributed by atoms with E-state index >= 15 is 0 Å². The number of nitrogens with zero attached hydrogens (tertiary/aromatic N) is 2. The minimum atomic E-state index is -0.412. The number of hydrogen-bond acceptors (Lipinski definition) is 5. The topological polar surface area (TPSA) is 68.1 Å². The van der Waals surface area contributed by atoms with Crippen LogP contribution in [0.1, 0.15) is 10.7 Å². The van der Waals surface area contributed by atoms with E-state index in [1.165, 1.54) is 12.1 Å². The van der Waals surface area contributed by atoms with Crippen LogP contribution in [0, 0.1) is 17.0 Å². The van der Waals surface area contributed by atoms with E-state index in [2.05, 4.69) is 26.2 Å². The first-order valence-electron chi connectivity index (χ1n) is 5.15. The van der Waals surface area contributed by atoms with Gasteiger partial charge in [0.25, 0.3) is 5.69 Å². The highest BCUT2D eigenvalue weighted by atomic mass is 79.9. The molecular formula is C11H10BrN3O2S. The summed E-state index contributed by atoms with van der Waals surface area (Å²) in [5.41, 5.74) is 1.74. The molecule has 1 N–H and O–H groups in total. The molecule has 0 aliphatic heterocycles. The molecule has 1 heterocycles. The second-order valence-electron chi connectivity index (χ2n) is 3.66. The molecule has 2 rings (SSSR count). The molecular weight excluding hydrogens is 318 g/mol. The Hall–Kier alpha value is -1.47. The fraction of sp³-hybridized carbons (Fsp3) is 0.182. The molecule has 0 radical (unpaired) electrons. The average molecular weight is 328 g/mol. The first-order valence-corrected chi connectivity index (χ1v) is 6.82. The molecule has 0 aliphatic carbocycles. The molecule has 94 valence electrons. The first-order chi connectivity index (χ1) is 8.56. The zero-order valence-corrected chi connectivity index (χ0v) is 11.9. The maximum atomic E-state index is 10.7. The van der Waals surface area contributed by atoms with Crippen molar-refractivity contribution in [3.63, 3.8) is 0 Å². The third-order valence-electron chi connectivity index (χ3n) is 2.26. The molecule has 0 aliphatic rings. The smallest absolute Gasteiger partial charge is 0.271 e. The second-order valence-corrected chi connectivity index (χ2v) is 5.45. The van der Waals surface area contributed by atoms with Gasteiger partial charge in [-0.25, -0.2) is 4.98 Å². The van der Waals surface area contributed by atoms with E-state index in [-0.39, 0.29) is 5.69 Å². The molecule has 0 saturated heterocycles. The molecule has 1 aromatic heterocycles. The van der Waals surface area contributed by atoms with E-state index in [0.29, 0.717) is 12.2 Å². The lowest BCUT2D eigenvalue weighted by molar-refractivity contribution is -0.384. The minimum Gasteiger partial charge on any atom is -0.377 e. The van der Waals surface area contributed by atoms with Crippen molar-refractivity contribution in [2.24, 2.45) is 0 Å². The molecule has 0 unspecified atom stereocenters. The molecule has 5 nitrogen and oxygen atoms in total. The van der Waals surface area contributed by atoms with Gasteiger partial charge in [-0.2, -0.15) is 0 Å². The van der Waals surface area contributed by atoms with Gasteiger partial charge in [-0.05, 0) is 28.9 Å². The summed E-state index contributed by atoms with van der Waals surface area (Å²) in [5, 5.41) is 16.8. The Morgan fingerprint density at radius 1 is 1.56 bits per heavy atom. The Labute approximate surface area is 116 Å². The normalized spacial score (nSPS) is 10.3. The van der Waals surface area contributed by atoms with Gasteiger partial charge in [-0.1, -0.05) is 0 Å². The standard InChI is InChI=1S/C11H10BrN3O2S/c1-7-6-18-11(14-7)5-13-10-4-8(15(16)17)2-3-9(10)12/h2-4,6,13H,5H2,1H3. The predicted octanol–water partition coefficient (Wildman–Crippen LogP) is 3.73. The third kappa shape index (κ3) is 3.05. The number of hydrogen-bond donors (Lipinski definition) is 1. The fourth-order valence-electron chi connectivity index (χ4n) is 1.42. The van der Waals surface area contributed by atoms with Crippen LogP contribution >= 0.6 is 27.3 Å². The van der Waals surface area contributed by atoms with E-state index in [1.807, 2.05) is 12.3 Å². The van der Waals surface area contributed by atoms with Crippen LogP contribution in [0.2, 0.25) is 0 Å². The number of aromatic nitrogens is 1. The number of nitro benzene ring substituents is 1. The number of nitrogens with one attached hydrogen (secondary N) is 1. The molecule has 0 saturated carbocycles. The number of benzene rings is 1. The number of thiazole rings is 1. The Bertz CT molecular complexity index is 585. The lowest BCUT2D eigenvalue weighted by atomic mass is 10.3. The van der Waals surface area contributed by atoms with Crippen molar-refractivity contribution in [1.29, 1.82) is 0 Å². The minimum absolute atomic E-state index is 0.0658. The predicted molar refractivity (Wildman–Crippen MR) is 75.0 cm³/mol. The summed E-state index contributed by atoms with van der Waals surface area (Å²) in [6, 6.07) is 4.63. The van der Waals surface area contributed by atoms with Crippen molar-refractivity contribution in [3.05, 3.63) is 48.9 Å². The van der Waals surface area contributed by atoms with Crippen LogP contribution in [0.5, 0.6) is 0 Å². The molecule has 0 bridgehead atoms. The third-order valence-corrected chi connectivity index (χ3v) is 3.92. The molecule has 2 aromatic rings. The molecule has 0 atom stereocenters. The van der Waals surface area contributed by atoms with Crippen LogP contribution in [-0.4, -0.2) is 9.91 Å². The van der Waals surface area contributed by atoms with Gasteiger partial charge < -0.3 is 5.32 Å². The van der Waals surface area contributed by atoms with Crippen LogP contribution < -0.4 is 5.32 Å². The summed E-state index contributed by atoms with van der Waals surface area (Å²) in [5.74, 6) is 0. The van der Waals surface area contributed by atoms with Gasteiger partial charge in [-0.15, -0.1) is 11.3 Å². The zero-order chi connectivity index (χ0) is 13.1. The Kier molecular flexibility index (Phi) is 3.93. The largest absolute Gasteiger partial charge is 0.377 e. The van der Waals surface area contributed by atoms with Gasteiger partial charge in [0.15, 0.2) is 0 Å². The lowest BCUT2D eigenvalue weighted by Crippen LogP contribution is -2.00. The SMILES string of the molecule is Cc1csc(CNc2cc([N+](=O)[O-])ccc2Br)n1. The van der Waals surface area contributed by atoms with Crippen molar-refractivity contribution in [2.75, 3.05) is 5.32 Å². The Balaban J connectivity index is 2.13. The Morgan fingerprint density at radius 2 is 2.33 bits per heavy atom. The number of rotatable bonds is 4. The van der Waals surface area contributed by atoms with Crippen molar-refractivity contribution < 1.29 is 4.92 Å². The zero-order valence-electron chi connectivity index (χ0n) is 9.51. The van der Waals surface area contributed by atoms with Gasteiger partial charge in [0.05, 0.1) is 17.2 Å². The number of non-ortho nitro benzene ring substituents is 1. The molecule has 0 amide bonds. The number of nitro groups is 1. The maximum absolute atomic E-state index is 10.7. The number of aryl methyl sites for hydroxylation is 1. The van der Waals surface area contributed by atoms with Gasteiger partial charge in [0, 0.05) is 27.7 Å². The lowest BCUT2D eigenvalue weighted by Gasteiger charge is -2.06. The van der Waals surface area contributed by atoms with Crippen LogP contribution in [0.25, 0.3) is 0 Å². The van der Waals surface area contributed by atoms with E-state index in [1.54, 1.807) is 17.4 Å². The average Bonchev–Trinajstić information content (AvgIpc) is 2.74. The molecule has 1 aromatic carbocycles.